The first-order valence-electron chi connectivity index (χ1n) is 8.76. The van der Waals surface area contributed by atoms with E-state index < -0.39 is 29.9 Å². The fourth-order valence-electron chi connectivity index (χ4n) is 3.09. The third-order valence-corrected chi connectivity index (χ3v) is 4.73. The number of aromatic nitrogens is 1. The molecule has 2 N–H and O–H groups in total. The molecule has 2 heterocycles. The highest BCUT2D eigenvalue weighted by molar-refractivity contribution is 6.10. The van der Waals surface area contributed by atoms with E-state index in [0.717, 1.165) is 16.0 Å². The van der Waals surface area contributed by atoms with Gasteiger partial charge in [-0.1, -0.05) is 12.1 Å². The molecule has 146 valence electrons. The minimum atomic E-state index is -1.25. The highest BCUT2D eigenvalue weighted by Crippen LogP contribution is 2.31. The van der Waals surface area contributed by atoms with Crippen LogP contribution in [0.15, 0.2) is 36.5 Å². The second-order valence-corrected chi connectivity index (χ2v) is 6.90. The predicted octanol–water partition coefficient (Wildman–Crippen LogP) is 2.11. The Balaban J connectivity index is 1.76. The molecule has 0 radical (unpaired) electrons. The molecule has 1 unspecified atom stereocenters. The molecule has 0 saturated carbocycles. The van der Waals surface area contributed by atoms with E-state index in [1.807, 2.05) is 13.8 Å². The molecule has 8 nitrogen and oxygen atoms in total. The summed E-state index contributed by atoms with van der Waals surface area (Å²) in [4.78, 5) is 42.6. The second-order valence-electron chi connectivity index (χ2n) is 6.90. The first-order valence-corrected chi connectivity index (χ1v) is 8.76. The fraction of sp³-hybridized carbons (Fsp3) is 0.300. The molecule has 3 rings (SSSR count). The van der Waals surface area contributed by atoms with E-state index >= 15 is 0 Å². The van der Waals surface area contributed by atoms with Crippen molar-refractivity contribution in [3.05, 3.63) is 53.2 Å². The standard InChI is InChI=1S/C20H22N4O4/c1-12-5-8-16(21-10-12)22-17(25)11-24-18(26)20(3,23-19(24)27)14-6-7-15(28-4)13(2)9-14/h5-10H,11H2,1-4H3,(H,23,27)(H,21,22,25). The molecule has 0 aliphatic carbocycles. The number of imide groups is 1. The number of benzene rings is 1. The number of hydrogen-bond acceptors (Lipinski definition) is 5. The predicted molar refractivity (Wildman–Crippen MR) is 103 cm³/mol. The Bertz CT molecular complexity index is 942. The number of carbonyl (C=O) groups excluding carboxylic acids is 3. The largest absolute Gasteiger partial charge is 0.496 e. The van der Waals surface area contributed by atoms with Crippen molar-refractivity contribution in [2.24, 2.45) is 0 Å². The summed E-state index contributed by atoms with van der Waals surface area (Å²) in [6.45, 7) is 4.96. The summed E-state index contributed by atoms with van der Waals surface area (Å²) in [7, 11) is 1.56. The molecule has 4 amide bonds. The van der Waals surface area contributed by atoms with E-state index in [1.54, 1.807) is 50.6 Å². The van der Waals surface area contributed by atoms with Crippen LogP contribution in [-0.2, 0) is 15.1 Å². The number of pyridine rings is 1. The molecular weight excluding hydrogens is 360 g/mol. The maximum Gasteiger partial charge on any atom is 0.325 e. The lowest BCUT2D eigenvalue weighted by atomic mass is 9.90. The van der Waals surface area contributed by atoms with Crippen molar-refractivity contribution in [1.82, 2.24) is 15.2 Å². The average Bonchev–Trinajstić information content (AvgIpc) is 2.87. The number of methoxy groups -OCH3 is 1. The third-order valence-electron chi connectivity index (χ3n) is 4.73. The number of carbonyl (C=O) groups is 3. The van der Waals surface area contributed by atoms with E-state index in [-0.39, 0.29) is 0 Å². The van der Waals surface area contributed by atoms with Gasteiger partial charge in [0.2, 0.25) is 5.91 Å². The Morgan fingerprint density at radius 2 is 2.00 bits per heavy atom. The molecule has 1 aliphatic rings. The van der Waals surface area contributed by atoms with Crippen LogP contribution in [-0.4, -0.2) is 41.4 Å². The number of amides is 4. The van der Waals surface area contributed by atoms with Crippen molar-refractivity contribution in [2.75, 3.05) is 19.0 Å². The Morgan fingerprint density at radius 3 is 2.61 bits per heavy atom. The molecule has 0 spiro atoms. The van der Waals surface area contributed by atoms with Gasteiger partial charge in [-0.15, -0.1) is 0 Å². The number of ether oxygens (including phenoxy) is 1. The molecular formula is C20H22N4O4. The number of aryl methyl sites for hydroxylation is 2. The molecule has 1 aliphatic heterocycles. The quantitative estimate of drug-likeness (QED) is 0.772. The molecule has 8 heteroatoms. The van der Waals surface area contributed by atoms with E-state index in [4.69, 9.17) is 4.74 Å². The minimum absolute atomic E-state index is 0.358. The van der Waals surface area contributed by atoms with Crippen LogP contribution in [0.1, 0.15) is 23.6 Å². The number of urea groups is 1. The number of nitrogens with one attached hydrogen (secondary N) is 2. The van der Waals surface area contributed by atoms with Gasteiger partial charge in [-0.25, -0.2) is 9.78 Å². The van der Waals surface area contributed by atoms with Crippen LogP contribution in [0.2, 0.25) is 0 Å². The zero-order valence-electron chi connectivity index (χ0n) is 16.2. The number of hydrogen-bond donors (Lipinski definition) is 2. The molecule has 2 aromatic rings. The first kappa shape index (κ1) is 19.3. The summed E-state index contributed by atoms with van der Waals surface area (Å²) in [6, 6.07) is 8.10. The lowest BCUT2D eigenvalue weighted by Gasteiger charge is -2.23. The van der Waals surface area contributed by atoms with Crippen molar-refractivity contribution in [2.45, 2.75) is 26.3 Å². The average molecular weight is 382 g/mol. The second kappa shape index (κ2) is 7.30. The van der Waals surface area contributed by atoms with Crippen molar-refractivity contribution in [3.63, 3.8) is 0 Å². The van der Waals surface area contributed by atoms with Crippen LogP contribution < -0.4 is 15.4 Å². The fourth-order valence-corrected chi connectivity index (χ4v) is 3.09. The molecule has 1 atom stereocenters. The van der Waals surface area contributed by atoms with Crippen LogP contribution in [0.3, 0.4) is 0 Å². The SMILES string of the molecule is COc1ccc(C2(C)NC(=O)N(CC(=O)Nc3ccc(C)cn3)C2=O)cc1C. The van der Waals surface area contributed by atoms with Gasteiger partial charge in [-0.2, -0.15) is 0 Å². The maximum atomic E-state index is 13.0. The van der Waals surface area contributed by atoms with Crippen molar-refractivity contribution < 1.29 is 19.1 Å². The van der Waals surface area contributed by atoms with Gasteiger partial charge in [0.15, 0.2) is 0 Å². The van der Waals surface area contributed by atoms with Crippen LogP contribution in [0, 0.1) is 13.8 Å². The zero-order valence-corrected chi connectivity index (χ0v) is 16.2. The highest BCUT2D eigenvalue weighted by Gasteiger charge is 2.49. The minimum Gasteiger partial charge on any atom is -0.496 e. The molecule has 1 aromatic heterocycles. The maximum absolute atomic E-state index is 13.0. The first-order chi connectivity index (χ1) is 13.2. The Kier molecular flexibility index (Phi) is 5.04. The summed E-state index contributed by atoms with van der Waals surface area (Å²) < 4.78 is 5.24. The molecule has 0 bridgehead atoms. The summed E-state index contributed by atoms with van der Waals surface area (Å²) in [5.74, 6) is 0.0474. The summed E-state index contributed by atoms with van der Waals surface area (Å²) in [5.41, 5.74) is 1.16. The van der Waals surface area contributed by atoms with Gasteiger partial charge in [-0.3, -0.25) is 14.5 Å². The monoisotopic (exact) mass is 382 g/mol. The van der Waals surface area contributed by atoms with Crippen LogP contribution >= 0.6 is 0 Å². The zero-order chi connectivity index (χ0) is 20.5. The van der Waals surface area contributed by atoms with E-state index in [9.17, 15) is 14.4 Å². The molecule has 1 fully saturated rings. The topological polar surface area (TPSA) is 101 Å². The molecule has 1 saturated heterocycles. The van der Waals surface area contributed by atoms with Crippen molar-refractivity contribution >= 4 is 23.7 Å². The van der Waals surface area contributed by atoms with Gasteiger partial charge in [0.05, 0.1) is 7.11 Å². The number of anilines is 1. The Labute approximate surface area is 162 Å². The number of rotatable bonds is 5. The van der Waals surface area contributed by atoms with Gasteiger partial charge in [0.1, 0.15) is 23.7 Å². The van der Waals surface area contributed by atoms with Gasteiger partial charge < -0.3 is 15.4 Å². The summed E-state index contributed by atoms with van der Waals surface area (Å²) in [6.07, 6.45) is 1.62. The van der Waals surface area contributed by atoms with Gasteiger partial charge >= 0.3 is 6.03 Å². The van der Waals surface area contributed by atoms with Crippen LogP contribution in [0.4, 0.5) is 10.6 Å². The summed E-state index contributed by atoms with van der Waals surface area (Å²) >= 11 is 0. The Hall–Kier alpha value is -3.42. The van der Waals surface area contributed by atoms with E-state index in [2.05, 4.69) is 15.6 Å². The third kappa shape index (κ3) is 3.53. The van der Waals surface area contributed by atoms with Crippen molar-refractivity contribution in [1.29, 1.82) is 0 Å². The molecule has 28 heavy (non-hydrogen) atoms. The lowest BCUT2D eigenvalue weighted by Crippen LogP contribution is -2.42. The van der Waals surface area contributed by atoms with E-state index in [1.165, 1.54) is 0 Å². The highest BCUT2D eigenvalue weighted by atomic mass is 16.5. The summed E-state index contributed by atoms with van der Waals surface area (Å²) in [5, 5.41) is 5.28. The Morgan fingerprint density at radius 1 is 1.25 bits per heavy atom. The number of nitrogens with zero attached hydrogens (tertiary/aromatic N) is 2. The van der Waals surface area contributed by atoms with Gasteiger partial charge in [-0.05, 0) is 55.7 Å². The smallest absolute Gasteiger partial charge is 0.325 e. The molecule has 1 aromatic carbocycles. The normalized spacial score (nSPS) is 18.8. The van der Waals surface area contributed by atoms with Gasteiger partial charge in [0.25, 0.3) is 5.91 Å². The van der Waals surface area contributed by atoms with Crippen molar-refractivity contribution in [3.8, 4) is 5.75 Å². The van der Waals surface area contributed by atoms with Gasteiger partial charge in [0, 0.05) is 6.20 Å². The lowest BCUT2D eigenvalue weighted by molar-refractivity contribution is -0.133. The van der Waals surface area contributed by atoms with Crippen LogP contribution in [0.25, 0.3) is 0 Å². The van der Waals surface area contributed by atoms with E-state index in [0.29, 0.717) is 17.1 Å². The van der Waals surface area contributed by atoms with Crippen LogP contribution in [0.5, 0.6) is 5.75 Å².